The molecule has 2 rings (SSSR count). The molecule has 1 aliphatic rings. The van der Waals surface area contributed by atoms with Crippen LogP contribution in [0.4, 0.5) is 0 Å². The average molecular weight is 401 g/mol. The van der Waals surface area contributed by atoms with Gasteiger partial charge in [0.15, 0.2) is 0 Å². The zero-order valence-electron chi connectivity index (χ0n) is 17.4. The number of carbonyl (C=O) groups excluding carboxylic acids is 2. The van der Waals surface area contributed by atoms with Crippen molar-refractivity contribution in [3.8, 4) is 5.75 Å². The van der Waals surface area contributed by atoms with Gasteiger partial charge >= 0.3 is 0 Å². The van der Waals surface area contributed by atoms with E-state index in [4.69, 9.17) is 4.74 Å². The molecule has 1 fully saturated rings. The lowest BCUT2D eigenvalue weighted by molar-refractivity contribution is -0.141. The molecule has 6 heteroatoms. The predicted molar refractivity (Wildman–Crippen MR) is 113 cm³/mol. The van der Waals surface area contributed by atoms with Crippen LogP contribution >= 0.6 is 0 Å². The lowest BCUT2D eigenvalue weighted by atomic mass is 9.99. The molecule has 1 saturated heterocycles. The van der Waals surface area contributed by atoms with Crippen LogP contribution in [0.1, 0.15) is 45.1 Å². The van der Waals surface area contributed by atoms with Gasteiger partial charge in [0, 0.05) is 25.3 Å². The highest BCUT2D eigenvalue weighted by atomic mass is 16.5. The predicted octanol–water partition coefficient (Wildman–Crippen LogP) is 3.52. The minimum absolute atomic E-state index is 0.0320. The summed E-state index contributed by atoms with van der Waals surface area (Å²) in [7, 11) is 0. The number of phenolic OH excluding ortho intramolecular Hbond substituents is 1. The summed E-state index contributed by atoms with van der Waals surface area (Å²) in [6, 6.07) is 7.05. The van der Waals surface area contributed by atoms with E-state index in [2.05, 4.69) is 12.0 Å². The van der Waals surface area contributed by atoms with Crippen molar-refractivity contribution >= 4 is 12.2 Å². The Hall–Kier alpha value is -2.60. The number of phenols is 1. The first-order valence-corrected chi connectivity index (χ1v) is 10.2. The molecule has 0 saturated carbocycles. The van der Waals surface area contributed by atoms with Crippen molar-refractivity contribution in [2.45, 2.75) is 52.0 Å². The van der Waals surface area contributed by atoms with Crippen molar-refractivity contribution in [2.75, 3.05) is 13.2 Å². The van der Waals surface area contributed by atoms with Gasteiger partial charge in [-0.25, -0.2) is 5.43 Å². The number of nitrogens with zero attached hydrogens (tertiary/aromatic N) is 1. The molecular weight excluding hydrogens is 368 g/mol. The van der Waals surface area contributed by atoms with Crippen LogP contribution < -0.4 is 5.43 Å². The molecule has 2 unspecified atom stereocenters. The smallest absolute Gasteiger partial charge is 0.239 e. The topological polar surface area (TPSA) is 78.9 Å². The second-order valence-electron chi connectivity index (χ2n) is 7.61. The summed E-state index contributed by atoms with van der Waals surface area (Å²) in [5, 5.41) is 11.3. The highest BCUT2D eigenvalue weighted by Crippen LogP contribution is 2.19. The van der Waals surface area contributed by atoms with E-state index in [0.717, 1.165) is 36.0 Å². The van der Waals surface area contributed by atoms with Gasteiger partial charge < -0.3 is 14.6 Å². The van der Waals surface area contributed by atoms with E-state index in [1.807, 2.05) is 19.9 Å². The molecule has 0 spiro atoms. The highest BCUT2D eigenvalue weighted by Gasteiger charge is 2.27. The molecule has 158 valence electrons. The molecule has 2 atom stereocenters. The summed E-state index contributed by atoms with van der Waals surface area (Å²) in [5.74, 6) is 0.824. The summed E-state index contributed by atoms with van der Waals surface area (Å²) in [6.07, 6.45) is 5.95. The van der Waals surface area contributed by atoms with E-state index in [-0.39, 0.29) is 23.6 Å². The number of aldehydes is 1. The monoisotopic (exact) mass is 400 g/mol. The van der Waals surface area contributed by atoms with Crippen molar-refractivity contribution < 1.29 is 19.4 Å². The lowest BCUT2D eigenvalue weighted by Gasteiger charge is -2.35. The first-order chi connectivity index (χ1) is 13.9. The van der Waals surface area contributed by atoms with Gasteiger partial charge in [0.05, 0.1) is 11.8 Å². The molecule has 1 aromatic rings. The van der Waals surface area contributed by atoms with Gasteiger partial charge in [-0.3, -0.25) is 9.80 Å². The number of benzene rings is 1. The van der Waals surface area contributed by atoms with E-state index >= 15 is 0 Å². The Kier molecular flexibility index (Phi) is 8.93. The van der Waals surface area contributed by atoms with E-state index in [1.165, 1.54) is 0 Å². The Labute approximate surface area is 173 Å². The molecule has 1 aromatic carbocycles. The number of rotatable bonds is 10. The molecule has 0 bridgehead atoms. The fraction of sp³-hybridized carbons (Fsp3) is 0.478. The molecule has 0 aliphatic carbocycles. The van der Waals surface area contributed by atoms with Crippen molar-refractivity contribution in [3.05, 3.63) is 53.8 Å². The molecular formula is C23H32N2O4. The van der Waals surface area contributed by atoms with E-state index < -0.39 is 0 Å². The molecule has 0 radical (unpaired) electrons. The third-order valence-electron chi connectivity index (χ3n) is 5.07. The second kappa shape index (κ2) is 11.4. The van der Waals surface area contributed by atoms with Crippen LogP contribution in [0, 0.1) is 5.92 Å². The Morgan fingerprint density at radius 3 is 2.93 bits per heavy atom. The number of allylic oxidation sites excluding steroid dienone is 2. The first kappa shape index (κ1) is 22.7. The van der Waals surface area contributed by atoms with Gasteiger partial charge in [0.25, 0.3) is 0 Å². The third-order valence-corrected chi connectivity index (χ3v) is 5.07. The number of hydrogen-bond acceptors (Lipinski definition) is 5. The number of aromatic hydroxyl groups is 1. The Morgan fingerprint density at radius 2 is 2.24 bits per heavy atom. The van der Waals surface area contributed by atoms with Crippen LogP contribution in [0.5, 0.6) is 5.75 Å². The van der Waals surface area contributed by atoms with Gasteiger partial charge in [-0.1, -0.05) is 25.1 Å². The molecule has 0 aromatic heterocycles. The highest BCUT2D eigenvalue weighted by molar-refractivity contribution is 5.78. The van der Waals surface area contributed by atoms with Crippen molar-refractivity contribution in [3.63, 3.8) is 0 Å². The zero-order valence-corrected chi connectivity index (χ0v) is 17.4. The van der Waals surface area contributed by atoms with Crippen LogP contribution in [0.3, 0.4) is 0 Å². The maximum atomic E-state index is 12.9. The minimum Gasteiger partial charge on any atom is -0.508 e. The SMILES string of the molecule is C=CC/C(OCC1CCCN(C(=O)C(C)Cc2cccc(O)c2)N1)=C(\C)CC=O. The fourth-order valence-corrected chi connectivity index (χ4v) is 3.46. The number of amides is 1. The summed E-state index contributed by atoms with van der Waals surface area (Å²) < 4.78 is 5.95. The quantitative estimate of drug-likeness (QED) is 0.357. The third kappa shape index (κ3) is 7.06. The van der Waals surface area contributed by atoms with Crippen LogP contribution in [-0.2, 0) is 20.7 Å². The maximum absolute atomic E-state index is 12.9. The number of hydrogen-bond donors (Lipinski definition) is 2. The van der Waals surface area contributed by atoms with Crippen molar-refractivity contribution in [1.29, 1.82) is 0 Å². The van der Waals surface area contributed by atoms with E-state index in [1.54, 1.807) is 29.3 Å². The average Bonchev–Trinajstić information content (AvgIpc) is 2.71. The first-order valence-electron chi connectivity index (χ1n) is 10.2. The van der Waals surface area contributed by atoms with E-state index in [0.29, 0.717) is 32.4 Å². The number of nitrogens with one attached hydrogen (secondary N) is 1. The number of carbonyl (C=O) groups is 2. The molecule has 1 aliphatic heterocycles. The number of ether oxygens (including phenoxy) is 1. The van der Waals surface area contributed by atoms with Gasteiger partial charge in [-0.05, 0) is 49.5 Å². The summed E-state index contributed by atoms with van der Waals surface area (Å²) >= 11 is 0. The molecule has 29 heavy (non-hydrogen) atoms. The normalized spacial score (nSPS) is 18.6. The fourth-order valence-electron chi connectivity index (χ4n) is 3.46. The van der Waals surface area contributed by atoms with Crippen LogP contribution in [0.2, 0.25) is 0 Å². The largest absolute Gasteiger partial charge is 0.508 e. The van der Waals surface area contributed by atoms with Gasteiger partial charge in [-0.15, -0.1) is 6.58 Å². The van der Waals surface area contributed by atoms with Crippen LogP contribution in [-0.4, -0.2) is 41.5 Å². The van der Waals surface area contributed by atoms with E-state index in [9.17, 15) is 14.7 Å². The summed E-state index contributed by atoms with van der Waals surface area (Å²) in [6.45, 7) is 8.64. The zero-order chi connectivity index (χ0) is 21.2. The second-order valence-corrected chi connectivity index (χ2v) is 7.61. The molecule has 6 nitrogen and oxygen atoms in total. The van der Waals surface area contributed by atoms with Crippen molar-refractivity contribution in [2.24, 2.45) is 5.92 Å². The minimum atomic E-state index is -0.199. The Balaban J connectivity index is 1.91. The molecule has 2 N–H and O–H groups in total. The summed E-state index contributed by atoms with van der Waals surface area (Å²) in [5.41, 5.74) is 5.13. The van der Waals surface area contributed by atoms with Gasteiger partial charge in [0.1, 0.15) is 18.6 Å². The summed E-state index contributed by atoms with van der Waals surface area (Å²) in [4.78, 5) is 23.6. The van der Waals surface area contributed by atoms with Gasteiger partial charge in [-0.2, -0.15) is 0 Å². The van der Waals surface area contributed by atoms with Crippen LogP contribution in [0.25, 0.3) is 0 Å². The Morgan fingerprint density at radius 1 is 1.45 bits per heavy atom. The lowest BCUT2D eigenvalue weighted by Crippen LogP contribution is -2.55. The molecule has 1 amide bonds. The molecule has 1 heterocycles. The Bertz CT molecular complexity index is 744. The maximum Gasteiger partial charge on any atom is 0.239 e. The number of hydrazine groups is 1. The van der Waals surface area contributed by atoms with Gasteiger partial charge in [0.2, 0.25) is 5.91 Å². The van der Waals surface area contributed by atoms with Crippen LogP contribution in [0.15, 0.2) is 48.3 Å². The standard InChI is InChI=1S/C23H32N2O4/c1-4-7-22(17(2)11-13-26)29-16-20-9-6-12-25(24-20)23(28)18(3)14-19-8-5-10-21(27)15-19/h4-5,8,10,13,15,18,20,24,27H,1,6-7,9,11-12,14,16H2,2-3H3/b22-17-. The van der Waals surface area contributed by atoms with Crippen molar-refractivity contribution in [1.82, 2.24) is 10.4 Å².